The van der Waals surface area contributed by atoms with Crippen LogP contribution in [0, 0.1) is 10.1 Å². The van der Waals surface area contributed by atoms with Crippen molar-refractivity contribution in [2.45, 2.75) is 6.54 Å². The number of carbonyl (C=O) groups excluding carboxylic acids is 1. The van der Waals surface area contributed by atoms with Crippen molar-refractivity contribution in [3.63, 3.8) is 0 Å². The topological polar surface area (TPSA) is 89.5 Å². The normalized spacial score (nSPS) is 10.5. The number of pyridine rings is 1. The molecule has 0 saturated carbocycles. The predicted molar refractivity (Wildman–Crippen MR) is 79.5 cm³/mol. The van der Waals surface area contributed by atoms with Gasteiger partial charge in [-0.15, -0.1) is 0 Å². The fraction of sp³-hybridized carbons (Fsp3) is 0.0667. The molecule has 1 amide bonds. The van der Waals surface area contributed by atoms with Crippen molar-refractivity contribution in [1.82, 2.24) is 14.9 Å². The van der Waals surface area contributed by atoms with Crippen LogP contribution in [0.25, 0.3) is 5.52 Å². The van der Waals surface area contributed by atoms with E-state index in [4.69, 9.17) is 0 Å². The summed E-state index contributed by atoms with van der Waals surface area (Å²) in [5, 5.41) is 17.6. The third kappa shape index (κ3) is 2.78. The molecule has 3 rings (SSSR count). The molecule has 110 valence electrons. The molecule has 7 nitrogen and oxygen atoms in total. The highest BCUT2D eigenvalue weighted by Crippen LogP contribution is 2.12. The van der Waals surface area contributed by atoms with Gasteiger partial charge in [0.2, 0.25) is 0 Å². The Kier molecular flexibility index (Phi) is 3.53. The van der Waals surface area contributed by atoms with Gasteiger partial charge in [-0.05, 0) is 30.3 Å². The number of amides is 1. The van der Waals surface area contributed by atoms with Gasteiger partial charge in [0.1, 0.15) is 0 Å². The third-order valence-corrected chi connectivity index (χ3v) is 3.19. The molecule has 0 unspecified atom stereocenters. The van der Waals surface area contributed by atoms with Gasteiger partial charge >= 0.3 is 0 Å². The minimum absolute atomic E-state index is 0.0445. The van der Waals surface area contributed by atoms with E-state index in [0.29, 0.717) is 5.56 Å². The molecule has 0 bridgehead atoms. The van der Waals surface area contributed by atoms with E-state index in [0.717, 1.165) is 11.2 Å². The van der Waals surface area contributed by atoms with Crippen molar-refractivity contribution in [1.29, 1.82) is 0 Å². The summed E-state index contributed by atoms with van der Waals surface area (Å²) >= 11 is 0. The number of aromatic nitrogens is 2. The zero-order chi connectivity index (χ0) is 15.5. The van der Waals surface area contributed by atoms with Crippen molar-refractivity contribution in [2.75, 3.05) is 0 Å². The minimum Gasteiger partial charge on any atom is -0.346 e. The molecule has 7 heteroatoms. The van der Waals surface area contributed by atoms with E-state index in [-0.39, 0.29) is 18.1 Å². The van der Waals surface area contributed by atoms with Crippen molar-refractivity contribution in [3.8, 4) is 0 Å². The molecule has 0 fully saturated rings. The fourth-order valence-corrected chi connectivity index (χ4v) is 2.08. The number of carbonyl (C=O) groups is 1. The van der Waals surface area contributed by atoms with Gasteiger partial charge in [-0.1, -0.05) is 6.07 Å². The number of nitrogens with zero attached hydrogens (tertiary/aromatic N) is 3. The van der Waals surface area contributed by atoms with Crippen LogP contribution < -0.4 is 5.32 Å². The van der Waals surface area contributed by atoms with Gasteiger partial charge in [-0.2, -0.15) is 5.10 Å². The summed E-state index contributed by atoms with van der Waals surface area (Å²) in [6.07, 6.45) is 1.83. The maximum absolute atomic E-state index is 12.0. The lowest BCUT2D eigenvalue weighted by Gasteiger charge is -2.02. The minimum atomic E-state index is -0.502. The molecule has 2 aromatic heterocycles. The number of benzene rings is 1. The van der Waals surface area contributed by atoms with Crippen LogP contribution >= 0.6 is 0 Å². The molecule has 22 heavy (non-hydrogen) atoms. The number of hydrogen-bond acceptors (Lipinski definition) is 4. The average molecular weight is 296 g/mol. The molecular weight excluding hydrogens is 284 g/mol. The van der Waals surface area contributed by atoms with E-state index in [2.05, 4.69) is 10.4 Å². The van der Waals surface area contributed by atoms with Gasteiger partial charge in [-0.3, -0.25) is 14.9 Å². The first-order valence-corrected chi connectivity index (χ1v) is 6.59. The molecule has 0 aliphatic heterocycles. The Balaban J connectivity index is 1.67. The summed E-state index contributed by atoms with van der Waals surface area (Å²) in [5.41, 5.74) is 2.01. The zero-order valence-electron chi connectivity index (χ0n) is 11.5. The van der Waals surface area contributed by atoms with E-state index >= 15 is 0 Å². The molecule has 1 aromatic carbocycles. The van der Waals surface area contributed by atoms with Crippen molar-refractivity contribution >= 4 is 17.1 Å². The Hall–Kier alpha value is -3.22. The highest BCUT2D eigenvalue weighted by atomic mass is 16.6. The van der Waals surface area contributed by atoms with Crippen LogP contribution in [-0.2, 0) is 6.54 Å². The van der Waals surface area contributed by atoms with Crippen LogP contribution in [0.15, 0.2) is 54.7 Å². The van der Waals surface area contributed by atoms with Gasteiger partial charge in [0.05, 0.1) is 22.7 Å². The lowest BCUT2D eigenvalue weighted by molar-refractivity contribution is -0.384. The molecule has 0 spiro atoms. The Morgan fingerprint density at radius 1 is 1.23 bits per heavy atom. The highest BCUT2D eigenvalue weighted by Gasteiger charge is 2.10. The first-order valence-electron chi connectivity index (χ1n) is 6.59. The van der Waals surface area contributed by atoms with Crippen LogP contribution in [-0.4, -0.2) is 20.4 Å². The quantitative estimate of drug-likeness (QED) is 0.590. The molecule has 2 heterocycles. The largest absolute Gasteiger partial charge is 0.346 e. The number of nitrogens with one attached hydrogen (secondary N) is 1. The zero-order valence-corrected chi connectivity index (χ0v) is 11.5. The molecule has 3 aromatic rings. The maximum Gasteiger partial charge on any atom is 0.269 e. The van der Waals surface area contributed by atoms with Crippen LogP contribution in [0.5, 0.6) is 0 Å². The summed E-state index contributed by atoms with van der Waals surface area (Å²) in [6.45, 7) is 0.289. The summed E-state index contributed by atoms with van der Waals surface area (Å²) in [5.74, 6) is -0.299. The van der Waals surface area contributed by atoms with Crippen molar-refractivity contribution in [3.05, 3.63) is 76.1 Å². The number of fused-ring (bicyclic) bond motifs is 1. The van der Waals surface area contributed by atoms with E-state index in [9.17, 15) is 14.9 Å². The Bertz CT molecular complexity index is 806. The monoisotopic (exact) mass is 296 g/mol. The lowest BCUT2D eigenvalue weighted by atomic mass is 10.2. The second-order valence-corrected chi connectivity index (χ2v) is 4.69. The third-order valence-electron chi connectivity index (χ3n) is 3.19. The maximum atomic E-state index is 12.0. The summed E-state index contributed by atoms with van der Waals surface area (Å²) in [7, 11) is 0. The number of rotatable bonds is 4. The van der Waals surface area contributed by atoms with Gasteiger partial charge < -0.3 is 5.32 Å². The first-order chi connectivity index (χ1) is 10.6. The first kappa shape index (κ1) is 13.7. The number of hydrogen-bond donors (Lipinski definition) is 1. The average Bonchev–Trinajstić information content (AvgIpc) is 2.95. The van der Waals surface area contributed by atoms with Gasteiger partial charge in [0, 0.05) is 23.9 Å². The molecule has 0 saturated heterocycles. The Morgan fingerprint density at radius 3 is 2.68 bits per heavy atom. The smallest absolute Gasteiger partial charge is 0.269 e. The molecule has 0 radical (unpaired) electrons. The van der Waals surface area contributed by atoms with Gasteiger partial charge in [0.15, 0.2) is 0 Å². The molecule has 0 aliphatic carbocycles. The summed E-state index contributed by atoms with van der Waals surface area (Å²) in [6, 6.07) is 13.1. The van der Waals surface area contributed by atoms with Gasteiger partial charge in [0.25, 0.3) is 11.6 Å². The molecular formula is C15H12N4O3. The second-order valence-electron chi connectivity index (χ2n) is 4.69. The van der Waals surface area contributed by atoms with Crippen molar-refractivity contribution in [2.24, 2.45) is 0 Å². The van der Waals surface area contributed by atoms with Crippen LogP contribution in [0.2, 0.25) is 0 Å². The Labute approximate surface area is 125 Å². The number of non-ortho nitro benzene ring substituents is 1. The SMILES string of the molecule is O=C(NCc1cc2ccccn2n1)c1ccc([N+](=O)[O-])cc1. The Morgan fingerprint density at radius 2 is 2.00 bits per heavy atom. The van der Waals surface area contributed by atoms with Crippen LogP contribution in [0.4, 0.5) is 5.69 Å². The summed E-state index contributed by atoms with van der Waals surface area (Å²) in [4.78, 5) is 22.1. The highest BCUT2D eigenvalue weighted by molar-refractivity contribution is 5.94. The van der Waals surface area contributed by atoms with Crippen LogP contribution in [0.1, 0.15) is 16.1 Å². The lowest BCUT2D eigenvalue weighted by Crippen LogP contribution is -2.22. The fourth-order valence-electron chi connectivity index (χ4n) is 2.08. The van der Waals surface area contributed by atoms with E-state index in [1.54, 1.807) is 4.52 Å². The molecule has 0 aliphatic rings. The number of nitro benzene ring substituents is 1. The van der Waals surface area contributed by atoms with Gasteiger partial charge in [-0.25, -0.2) is 4.52 Å². The predicted octanol–water partition coefficient (Wildman–Crippen LogP) is 2.17. The summed E-state index contributed by atoms with van der Waals surface area (Å²) < 4.78 is 1.73. The number of nitro groups is 1. The standard InChI is InChI=1S/C15H12N4O3/c20-15(11-4-6-13(7-5-11)19(21)22)16-10-12-9-14-3-1-2-8-18(14)17-12/h1-9H,10H2,(H,16,20). The molecule has 0 atom stereocenters. The van der Waals surface area contributed by atoms with Crippen molar-refractivity contribution < 1.29 is 9.72 Å². The van der Waals surface area contributed by atoms with Crippen LogP contribution in [0.3, 0.4) is 0 Å². The van der Waals surface area contributed by atoms with E-state index < -0.39 is 4.92 Å². The molecule has 1 N–H and O–H groups in total. The van der Waals surface area contributed by atoms with E-state index in [1.807, 2.05) is 30.5 Å². The second kappa shape index (κ2) is 5.65. The van der Waals surface area contributed by atoms with E-state index in [1.165, 1.54) is 24.3 Å².